The van der Waals surface area contributed by atoms with E-state index in [9.17, 15) is 19.5 Å². The summed E-state index contributed by atoms with van der Waals surface area (Å²) in [5, 5.41) is 17.4. The predicted octanol–water partition coefficient (Wildman–Crippen LogP) is 7.29. The zero-order valence-electron chi connectivity index (χ0n) is 28.6. The minimum atomic E-state index is -0.813. The lowest BCUT2D eigenvalue weighted by atomic mass is 9.84. The first-order valence-electron chi connectivity index (χ1n) is 16.0. The Morgan fingerprint density at radius 2 is 1.91 bits per heavy atom. The van der Waals surface area contributed by atoms with Crippen LogP contribution >= 0.6 is 0 Å². The summed E-state index contributed by atoms with van der Waals surface area (Å²) in [7, 11) is 0. The molecule has 2 N–H and O–H groups in total. The van der Waals surface area contributed by atoms with Crippen LogP contribution in [0.1, 0.15) is 79.2 Å². The SMILES string of the molecule is CC(C=C[C@H]1CC=CC(=O)O1)=C[C@H](C)CC=CC(C)C=C(C)C(=O)[C@@H](C)[C@H](O)[C@@H](C)CC(C)=CCOC(=O)NCc1cc(C)on1. The minimum Gasteiger partial charge on any atom is -0.455 e. The van der Waals surface area contributed by atoms with Gasteiger partial charge in [-0.2, -0.15) is 0 Å². The van der Waals surface area contributed by atoms with Crippen molar-refractivity contribution in [1.29, 1.82) is 0 Å². The van der Waals surface area contributed by atoms with E-state index in [1.807, 2.05) is 52.0 Å². The highest BCUT2D eigenvalue weighted by Gasteiger charge is 2.27. The van der Waals surface area contributed by atoms with Crippen LogP contribution in [0.15, 0.2) is 82.0 Å². The zero-order chi connectivity index (χ0) is 34.2. The van der Waals surface area contributed by atoms with Gasteiger partial charge < -0.3 is 24.4 Å². The van der Waals surface area contributed by atoms with E-state index < -0.39 is 18.1 Å². The lowest BCUT2D eigenvalue weighted by molar-refractivity contribution is -0.141. The molecule has 9 heteroatoms. The Kier molecular flexibility index (Phi) is 16.2. The zero-order valence-corrected chi connectivity index (χ0v) is 28.6. The van der Waals surface area contributed by atoms with E-state index in [1.165, 1.54) is 6.08 Å². The van der Waals surface area contributed by atoms with Gasteiger partial charge in [0.05, 0.1) is 12.6 Å². The molecule has 0 radical (unpaired) electrons. The number of alkyl carbamates (subject to hydrolysis) is 1. The molecule has 1 aromatic heterocycles. The van der Waals surface area contributed by atoms with Gasteiger partial charge in [0, 0.05) is 24.5 Å². The monoisotopic (exact) mass is 636 g/mol. The first kappa shape index (κ1) is 38.2. The fourth-order valence-corrected chi connectivity index (χ4v) is 5.22. The van der Waals surface area contributed by atoms with Crippen molar-refractivity contribution in [2.45, 2.75) is 93.4 Å². The third kappa shape index (κ3) is 14.4. The van der Waals surface area contributed by atoms with Crippen LogP contribution < -0.4 is 5.32 Å². The summed E-state index contributed by atoms with van der Waals surface area (Å²) in [6.07, 6.45) is 17.9. The van der Waals surface area contributed by atoms with Gasteiger partial charge in [0.2, 0.25) is 0 Å². The van der Waals surface area contributed by atoms with Gasteiger partial charge in [0.1, 0.15) is 24.2 Å². The molecule has 0 bridgehead atoms. The van der Waals surface area contributed by atoms with Gasteiger partial charge in [-0.15, -0.1) is 0 Å². The molecular weight excluding hydrogens is 584 g/mol. The summed E-state index contributed by atoms with van der Waals surface area (Å²) in [5.74, 6) is -0.0244. The molecule has 2 rings (SSSR count). The van der Waals surface area contributed by atoms with Crippen LogP contribution in [-0.2, 0) is 25.6 Å². The number of nitrogens with zero attached hydrogens (tertiary/aromatic N) is 1. The number of cyclic esters (lactones) is 1. The average molecular weight is 637 g/mol. The number of ketones is 1. The van der Waals surface area contributed by atoms with Crippen molar-refractivity contribution in [2.24, 2.45) is 23.7 Å². The maximum absolute atomic E-state index is 13.1. The number of aliphatic hydroxyl groups is 1. The molecule has 0 spiro atoms. The number of allylic oxidation sites excluding steroid dienone is 8. The standard InChI is InChI=1S/C37H52N2O7/c1-24(19-26(3)15-16-33-13-10-14-34(40)45-33)11-9-12-25(2)20-28(5)35(41)31(8)36(42)29(6)21-27(4)17-18-44-37(43)38-23-32-22-30(7)46-39-32/h9-10,12,14-17,19-20,22,24-25,29,31,33,36,42H,11,13,18,21,23H2,1-8H3,(H,38,43)/t24-,25?,29+,31-,33-,36-/m1/s1. The molecule has 0 saturated carbocycles. The van der Waals surface area contributed by atoms with Gasteiger partial charge in [-0.25, -0.2) is 9.59 Å². The van der Waals surface area contributed by atoms with E-state index in [1.54, 1.807) is 32.9 Å². The number of carbonyl (C=O) groups is 3. The molecule has 9 nitrogen and oxygen atoms in total. The molecule has 46 heavy (non-hydrogen) atoms. The number of carbonyl (C=O) groups excluding carboxylic acids is 3. The number of ether oxygens (including phenoxy) is 2. The number of nitrogens with one attached hydrogen (secondary N) is 1. The summed E-state index contributed by atoms with van der Waals surface area (Å²) in [6, 6.07) is 1.74. The molecular formula is C37H52N2O7. The number of amides is 1. The molecule has 1 aliphatic rings. The minimum absolute atomic E-state index is 0.0682. The number of esters is 1. The largest absolute Gasteiger partial charge is 0.455 e. The number of aliphatic hydroxyl groups excluding tert-OH is 1. The summed E-state index contributed by atoms with van der Waals surface area (Å²) in [6.45, 7) is 15.7. The molecule has 0 aromatic carbocycles. The fourth-order valence-electron chi connectivity index (χ4n) is 5.22. The Labute approximate surface area is 274 Å². The van der Waals surface area contributed by atoms with E-state index in [2.05, 4.69) is 35.6 Å². The maximum Gasteiger partial charge on any atom is 0.407 e. The topological polar surface area (TPSA) is 128 Å². The van der Waals surface area contributed by atoms with Gasteiger partial charge in [0.25, 0.3) is 0 Å². The first-order valence-corrected chi connectivity index (χ1v) is 16.0. The summed E-state index contributed by atoms with van der Waals surface area (Å²) < 4.78 is 15.4. The third-order valence-electron chi connectivity index (χ3n) is 7.75. The van der Waals surface area contributed by atoms with E-state index in [4.69, 9.17) is 14.0 Å². The van der Waals surface area contributed by atoms with Gasteiger partial charge >= 0.3 is 12.1 Å². The highest BCUT2D eigenvalue weighted by atomic mass is 16.5. The normalized spacial score (nSPS) is 19.5. The van der Waals surface area contributed by atoms with Gasteiger partial charge in [0.15, 0.2) is 5.78 Å². The predicted molar refractivity (Wildman–Crippen MR) is 180 cm³/mol. The van der Waals surface area contributed by atoms with Gasteiger partial charge in [-0.05, 0) is 76.0 Å². The fraction of sp³-hybridized carbons (Fsp3) is 0.514. The van der Waals surface area contributed by atoms with Crippen molar-refractivity contribution in [2.75, 3.05) is 6.61 Å². The van der Waals surface area contributed by atoms with Crippen molar-refractivity contribution in [3.63, 3.8) is 0 Å². The molecule has 1 aromatic rings. The second kappa shape index (κ2) is 19.5. The van der Waals surface area contributed by atoms with Crippen LogP contribution in [0, 0.1) is 30.6 Å². The van der Waals surface area contributed by atoms with Crippen LogP contribution in [-0.4, -0.2) is 46.9 Å². The third-order valence-corrected chi connectivity index (χ3v) is 7.75. The Balaban J connectivity index is 1.76. The van der Waals surface area contributed by atoms with Crippen molar-refractivity contribution in [3.05, 3.63) is 88.9 Å². The van der Waals surface area contributed by atoms with Crippen LogP contribution in [0.4, 0.5) is 4.79 Å². The molecule has 1 amide bonds. The lowest BCUT2D eigenvalue weighted by Crippen LogP contribution is -2.32. The molecule has 6 atom stereocenters. The second-order valence-corrected chi connectivity index (χ2v) is 12.5. The molecule has 0 aliphatic carbocycles. The highest BCUT2D eigenvalue weighted by Crippen LogP contribution is 2.23. The van der Waals surface area contributed by atoms with Gasteiger partial charge in [-0.1, -0.05) is 80.5 Å². The quantitative estimate of drug-likeness (QED) is 0.0790. The van der Waals surface area contributed by atoms with Crippen molar-refractivity contribution < 1.29 is 33.5 Å². The molecule has 2 heterocycles. The molecule has 1 aliphatic heterocycles. The Morgan fingerprint density at radius 1 is 1.17 bits per heavy atom. The maximum atomic E-state index is 13.1. The summed E-state index contributed by atoms with van der Waals surface area (Å²) in [4.78, 5) is 36.4. The van der Waals surface area contributed by atoms with Crippen LogP contribution in [0.2, 0.25) is 0 Å². The number of hydrogen-bond donors (Lipinski definition) is 2. The Morgan fingerprint density at radius 3 is 2.59 bits per heavy atom. The first-order chi connectivity index (χ1) is 21.7. The Hall–Kier alpha value is -3.98. The smallest absolute Gasteiger partial charge is 0.407 e. The van der Waals surface area contributed by atoms with E-state index >= 15 is 0 Å². The van der Waals surface area contributed by atoms with E-state index in [0.29, 0.717) is 35.8 Å². The number of aryl methyl sites for hydroxylation is 1. The van der Waals surface area contributed by atoms with Crippen LogP contribution in [0.3, 0.4) is 0 Å². The lowest BCUT2D eigenvalue weighted by Gasteiger charge is -2.25. The number of hydrogen-bond acceptors (Lipinski definition) is 8. The molecule has 0 fully saturated rings. The summed E-state index contributed by atoms with van der Waals surface area (Å²) in [5.41, 5.74) is 3.32. The molecule has 0 saturated heterocycles. The van der Waals surface area contributed by atoms with E-state index in [0.717, 1.165) is 17.6 Å². The summed E-state index contributed by atoms with van der Waals surface area (Å²) >= 11 is 0. The van der Waals surface area contributed by atoms with Crippen LogP contribution in [0.25, 0.3) is 0 Å². The van der Waals surface area contributed by atoms with Crippen molar-refractivity contribution in [3.8, 4) is 0 Å². The number of Topliss-reactive ketones (excluding diaryl/α,β-unsaturated/α-hetero) is 1. The van der Waals surface area contributed by atoms with E-state index in [-0.39, 0.29) is 42.8 Å². The van der Waals surface area contributed by atoms with Gasteiger partial charge in [-0.3, -0.25) is 4.79 Å². The number of aromatic nitrogens is 1. The van der Waals surface area contributed by atoms with Crippen LogP contribution in [0.5, 0.6) is 0 Å². The number of rotatable bonds is 17. The molecule has 1 unspecified atom stereocenters. The van der Waals surface area contributed by atoms with Crippen molar-refractivity contribution >= 4 is 17.8 Å². The molecule has 252 valence electrons. The Bertz CT molecular complexity index is 1350. The average Bonchev–Trinajstić information content (AvgIpc) is 3.42. The van der Waals surface area contributed by atoms with Crippen molar-refractivity contribution in [1.82, 2.24) is 10.5 Å². The highest BCUT2D eigenvalue weighted by molar-refractivity contribution is 5.96. The second-order valence-electron chi connectivity index (χ2n) is 12.5.